The third-order valence-corrected chi connectivity index (χ3v) is 4.16. The fraction of sp³-hybridized carbons (Fsp3) is 0.533. The lowest BCUT2D eigenvalue weighted by molar-refractivity contribution is -0.123. The van der Waals surface area contributed by atoms with Gasteiger partial charge in [-0.25, -0.2) is 4.39 Å². The van der Waals surface area contributed by atoms with Crippen LogP contribution in [0, 0.1) is 17.7 Å². The van der Waals surface area contributed by atoms with Crippen molar-refractivity contribution >= 4 is 17.5 Å². The van der Waals surface area contributed by atoms with E-state index in [1.807, 2.05) is 13.8 Å². The molecule has 0 heterocycles. The van der Waals surface area contributed by atoms with E-state index in [9.17, 15) is 14.3 Å². The second-order valence-electron chi connectivity index (χ2n) is 5.63. The lowest BCUT2D eigenvalue weighted by Crippen LogP contribution is -2.42. The van der Waals surface area contributed by atoms with Gasteiger partial charge in [0.2, 0.25) is 5.91 Å². The van der Waals surface area contributed by atoms with Crippen LogP contribution in [0.5, 0.6) is 0 Å². The van der Waals surface area contributed by atoms with E-state index in [4.69, 9.17) is 11.6 Å². The third-order valence-electron chi connectivity index (χ3n) is 3.83. The lowest BCUT2D eigenvalue weighted by atomic mass is 10.0. The van der Waals surface area contributed by atoms with Gasteiger partial charge in [-0.3, -0.25) is 4.79 Å². The minimum Gasteiger partial charge on any atom is -0.394 e. The van der Waals surface area contributed by atoms with Gasteiger partial charge in [0.1, 0.15) is 5.82 Å². The van der Waals surface area contributed by atoms with Gasteiger partial charge in [-0.2, -0.15) is 0 Å². The van der Waals surface area contributed by atoms with E-state index in [-0.39, 0.29) is 42.1 Å². The number of rotatable bonds is 5. The van der Waals surface area contributed by atoms with Crippen molar-refractivity contribution < 1.29 is 14.3 Å². The Morgan fingerprint density at radius 2 is 2.25 bits per heavy atom. The van der Waals surface area contributed by atoms with E-state index in [2.05, 4.69) is 5.32 Å². The molecule has 5 heteroatoms. The Morgan fingerprint density at radius 1 is 1.55 bits per heavy atom. The first kappa shape index (κ1) is 15.3. The standard InChI is InChI=1S/C15H19ClFNO2/c1-8(2)13(7-19)18-15(20)10-6-9(10)14-11(16)4-3-5-12(14)17/h3-5,8-10,13,19H,6-7H2,1-2H3,(H,18,20)/t9?,10?,13-/m1/s1. The topological polar surface area (TPSA) is 49.3 Å². The van der Waals surface area contributed by atoms with Crippen LogP contribution < -0.4 is 5.32 Å². The molecule has 0 radical (unpaired) electrons. The zero-order valence-electron chi connectivity index (χ0n) is 11.6. The lowest BCUT2D eigenvalue weighted by Gasteiger charge is -2.20. The summed E-state index contributed by atoms with van der Waals surface area (Å²) in [7, 11) is 0. The van der Waals surface area contributed by atoms with Crippen LogP contribution in [-0.2, 0) is 4.79 Å². The van der Waals surface area contributed by atoms with Gasteiger partial charge >= 0.3 is 0 Å². The van der Waals surface area contributed by atoms with Crippen LogP contribution in [-0.4, -0.2) is 23.7 Å². The molecular formula is C15H19ClFNO2. The molecule has 20 heavy (non-hydrogen) atoms. The Labute approximate surface area is 123 Å². The van der Waals surface area contributed by atoms with Gasteiger partial charge in [-0.15, -0.1) is 0 Å². The number of amides is 1. The molecule has 3 nitrogen and oxygen atoms in total. The predicted octanol–water partition coefficient (Wildman–Crippen LogP) is 2.72. The minimum atomic E-state index is -0.361. The maximum atomic E-state index is 13.8. The normalized spacial score (nSPS) is 22.7. The first-order valence-electron chi connectivity index (χ1n) is 6.80. The summed E-state index contributed by atoms with van der Waals surface area (Å²) in [5.41, 5.74) is 0.430. The maximum absolute atomic E-state index is 13.8. The number of carbonyl (C=O) groups is 1. The van der Waals surface area contributed by atoms with Gasteiger partial charge in [-0.05, 0) is 24.5 Å². The smallest absolute Gasteiger partial charge is 0.224 e. The van der Waals surface area contributed by atoms with Crippen LogP contribution in [0.25, 0.3) is 0 Å². The number of carbonyl (C=O) groups excluding carboxylic acids is 1. The van der Waals surface area contributed by atoms with E-state index >= 15 is 0 Å². The van der Waals surface area contributed by atoms with Crippen molar-refractivity contribution in [2.45, 2.75) is 32.2 Å². The fourth-order valence-electron chi connectivity index (χ4n) is 2.38. The van der Waals surface area contributed by atoms with E-state index < -0.39 is 0 Å². The van der Waals surface area contributed by atoms with Gasteiger partial charge < -0.3 is 10.4 Å². The van der Waals surface area contributed by atoms with Crippen molar-refractivity contribution in [3.63, 3.8) is 0 Å². The summed E-state index contributed by atoms with van der Waals surface area (Å²) in [5.74, 6) is -0.756. The molecule has 2 rings (SSSR count). The molecule has 0 spiro atoms. The highest BCUT2D eigenvalue weighted by molar-refractivity contribution is 6.31. The van der Waals surface area contributed by atoms with Crippen molar-refractivity contribution in [3.8, 4) is 0 Å². The second kappa shape index (κ2) is 6.10. The van der Waals surface area contributed by atoms with E-state index in [1.54, 1.807) is 12.1 Å². The Hall–Kier alpha value is -1.13. The van der Waals surface area contributed by atoms with Gasteiger partial charge in [0.25, 0.3) is 0 Å². The summed E-state index contributed by atoms with van der Waals surface area (Å²) in [5, 5.41) is 12.4. The Morgan fingerprint density at radius 3 is 2.80 bits per heavy atom. The minimum absolute atomic E-state index is 0.0960. The van der Waals surface area contributed by atoms with Crippen molar-refractivity contribution in [2.24, 2.45) is 11.8 Å². The number of nitrogens with one attached hydrogen (secondary N) is 1. The highest BCUT2D eigenvalue weighted by atomic mass is 35.5. The third kappa shape index (κ3) is 3.13. The van der Waals surface area contributed by atoms with Crippen molar-refractivity contribution in [1.29, 1.82) is 0 Å². The van der Waals surface area contributed by atoms with Crippen LogP contribution in [0.15, 0.2) is 18.2 Å². The molecular weight excluding hydrogens is 281 g/mol. The monoisotopic (exact) mass is 299 g/mol. The molecule has 0 aliphatic heterocycles. The molecule has 0 saturated heterocycles. The predicted molar refractivity (Wildman–Crippen MR) is 76.1 cm³/mol. The van der Waals surface area contributed by atoms with Crippen LogP contribution in [0.3, 0.4) is 0 Å². The molecule has 1 fully saturated rings. The first-order chi connectivity index (χ1) is 9.45. The second-order valence-corrected chi connectivity index (χ2v) is 6.03. The van der Waals surface area contributed by atoms with Crippen molar-refractivity contribution in [1.82, 2.24) is 5.32 Å². The zero-order chi connectivity index (χ0) is 14.9. The highest BCUT2D eigenvalue weighted by Gasteiger charge is 2.46. The number of hydrogen-bond donors (Lipinski definition) is 2. The Kier molecular flexibility index (Phi) is 4.66. The molecule has 2 unspecified atom stereocenters. The quantitative estimate of drug-likeness (QED) is 0.878. The summed E-state index contributed by atoms with van der Waals surface area (Å²) in [6, 6.07) is 4.29. The molecule has 3 atom stereocenters. The number of benzene rings is 1. The molecule has 0 aromatic heterocycles. The van der Waals surface area contributed by atoms with Crippen molar-refractivity contribution in [2.75, 3.05) is 6.61 Å². The Bertz CT molecular complexity index is 486. The SMILES string of the molecule is CC(C)[C@@H](CO)NC(=O)C1CC1c1c(F)cccc1Cl. The first-order valence-corrected chi connectivity index (χ1v) is 7.18. The zero-order valence-corrected chi connectivity index (χ0v) is 12.3. The van der Waals surface area contributed by atoms with E-state index in [1.165, 1.54) is 6.07 Å². The average molecular weight is 300 g/mol. The molecule has 1 aromatic rings. The van der Waals surface area contributed by atoms with Crippen molar-refractivity contribution in [3.05, 3.63) is 34.6 Å². The molecule has 2 N–H and O–H groups in total. The van der Waals surface area contributed by atoms with Crippen LogP contribution in [0.1, 0.15) is 31.7 Å². The molecule has 110 valence electrons. The summed E-state index contributed by atoms with van der Waals surface area (Å²) < 4.78 is 13.8. The molecule has 1 aromatic carbocycles. The highest BCUT2D eigenvalue weighted by Crippen LogP contribution is 2.50. The van der Waals surface area contributed by atoms with Gasteiger partial charge in [0.05, 0.1) is 12.6 Å². The van der Waals surface area contributed by atoms with E-state index in [0.29, 0.717) is 17.0 Å². The summed E-state index contributed by atoms with van der Waals surface area (Å²) in [4.78, 5) is 12.1. The fourth-order valence-corrected chi connectivity index (χ4v) is 2.68. The molecule has 0 bridgehead atoms. The van der Waals surface area contributed by atoms with E-state index in [0.717, 1.165) is 0 Å². The molecule has 1 amide bonds. The average Bonchev–Trinajstić information content (AvgIpc) is 3.15. The van der Waals surface area contributed by atoms with Crippen LogP contribution in [0.2, 0.25) is 5.02 Å². The number of halogens is 2. The van der Waals surface area contributed by atoms with Gasteiger partial charge in [0.15, 0.2) is 0 Å². The maximum Gasteiger partial charge on any atom is 0.224 e. The summed E-state index contributed by atoms with van der Waals surface area (Å²) in [6.07, 6.45) is 0.600. The molecule has 1 aliphatic carbocycles. The number of aliphatic hydroxyl groups excluding tert-OH is 1. The van der Waals surface area contributed by atoms with Gasteiger partial charge in [-0.1, -0.05) is 31.5 Å². The van der Waals surface area contributed by atoms with Crippen LogP contribution in [0.4, 0.5) is 4.39 Å². The van der Waals surface area contributed by atoms with Crippen LogP contribution >= 0.6 is 11.6 Å². The summed E-state index contributed by atoms with van der Waals surface area (Å²) in [6.45, 7) is 3.76. The summed E-state index contributed by atoms with van der Waals surface area (Å²) >= 11 is 6.01. The largest absolute Gasteiger partial charge is 0.394 e. The van der Waals surface area contributed by atoms with Gasteiger partial charge in [0, 0.05) is 22.4 Å². The molecule has 1 aliphatic rings. The Balaban J connectivity index is 2.03. The molecule has 1 saturated carbocycles. The number of aliphatic hydroxyl groups is 1. The number of hydrogen-bond acceptors (Lipinski definition) is 2.